The number of pyridine rings is 1. The van der Waals surface area contributed by atoms with Crippen LogP contribution in [0.15, 0.2) is 37.6 Å². The Morgan fingerprint density at radius 2 is 1.88 bits per heavy atom. The highest BCUT2D eigenvalue weighted by molar-refractivity contribution is 9.11. The van der Waals surface area contributed by atoms with Crippen molar-refractivity contribution in [2.75, 3.05) is 49.3 Å². The normalized spacial score (nSPS) is 18.4. The van der Waals surface area contributed by atoms with Gasteiger partial charge in [0.25, 0.3) is 0 Å². The molecule has 1 aliphatic rings. The molecule has 0 radical (unpaired) electrons. The van der Waals surface area contributed by atoms with Gasteiger partial charge in [0.1, 0.15) is 5.82 Å². The summed E-state index contributed by atoms with van der Waals surface area (Å²) in [5, 5.41) is 8.59. The van der Waals surface area contributed by atoms with Crippen LogP contribution in [-0.4, -0.2) is 63.7 Å². The van der Waals surface area contributed by atoms with Crippen molar-refractivity contribution >= 4 is 65.1 Å². The molecule has 1 saturated carbocycles. The molecule has 218 valence electrons. The Bertz CT molecular complexity index is 1470. The van der Waals surface area contributed by atoms with E-state index in [4.69, 9.17) is 26.5 Å². The van der Waals surface area contributed by atoms with E-state index in [0.29, 0.717) is 42.8 Å². The number of hydrogen-bond acceptors (Lipinski definition) is 9. The molecule has 0 amide bonds. The molecule has 2 N–H and O–H groups in total. The molecular formula is C26H33Br2ClN6O4S. The summed E-state index contributed by atoms with van der Waals surface area (Å²) < 4.78 is 39.3. The van der Waals surface area contributed by atoms with Crippen LogP contribution in [-0.2, 0) is 26.7 Å². The summed E-state index contributed by atoms with van der Waals surface area (Å²) in [6.07, 6.45) is 2.64. The van der Waals surface area contributed by atoms with E-state index in [2.05, 4.69) is 58.9 Å². The average molecular weight is 721 g/mol. The molecule has 0 saturated heterocycles. The number of aromatic nitrogens is 3. The summed E-state index contributed by atoms with van der Waals surface area (Å²) in [5.41, 5.74) is 7.00. The zero-order valence-electron chi connectivity index (χ0n) is 23.0. The summed E-state index contributed by atoms with van der Waals surface area (Å²) in [5.74, 6) is 2.06. The second kappa shape index (κ2) is 12.2. The van der Waals surface area contributed by atoms with Crippen molar-refractivity contribution in [2.24, 2.45) is 17.6 Å². The molecule has 2 aromatic heterocycles. The third kappa shape index (κ3) is 7.35. The molecule has 1 fully saturated rings. The van der Waals surface area contributed by atoms with Gasteiger partial charge in [0.2, 0.25) is 21.8 Å². The number of methoxy groups -OCH3 is 1. The number of benzene rings is 1. The summed E-state index contributed by atoms with van der Waals surface area (Å²) in [6.45, 7) is 5.80. The molecule has 3 atom stereocenters. The molecule has 4 rings (SSSR count). The summed E-state index contributed by atoms with van der Waals surface area (Å²) in [4.78, 5) is 6.75. The van der Waals surface area contributed by atoms with Crippen molar-refractivity contribution in [1.82, 2.24) is 15.2 Å². The van der Waals surface area contributed by atoms with Gasteiger partial charge in [0.05, 0.1) is 29.0 Å². The lowest BCUT2D eigenvalue weighted by Gasteiger charge is -2.26. The van der Waals surface area contributed by atoms with Gasteiger partial charge in [-0.2, -0.15) is 0 Å². The molecule has 10 nitrogen and oxygen atoms in total. The zero-order valence-corrected chi connectivity index (χ0v) is 27.7. The first kappa shape index (κ1) is 31.2. The first-order chi connectivity index (χ1) is 18.7. The van der Waals surface area contributed by atoms with Gasteiger partial charge in [-0.1, -0.05) is 50.4 Å². The molecule has 1 aromatic carbocycles. The van der Waals surface area contributed by atoms with Crippen LogP contribution >= 0.6 is 43.5 Å². The minimum Gasteiger partial charge on any atom is -0.419 e. The van der Waals surface area contributed by atoms with Crippen molar-refractivity contribution in [2.45, 2.75) is 32.2 Å². The molecule has 0 aliphatic heterocycles. The maximum atomic E-state index is 12.5. The number of hydrogen-bond donors (Lipinski definition) is 1. The molecule has 3 aromatic rings. The average Bonchev–Trinajstić information content (AvgIpc) is 3.32. The van der Waals surface area contributed by atoms with E-state index in [0.717, 1.165) is 38.0 Å². The monoisotopic (exact) mass is 718 g/mol. The highest BCUT2D eigenvalue weighted by atomic mass is 79.9. The largest absolute Gasteiger partial charge is 0.419 e. The number of nitrogens with zero attached hydrogens (tertiary/aromatic N) is 5. The maximum absolute atomic E-state index is 12.5. The molecule has 0 spiro atoms. The van der Waals surface area contributed by atoms with E-state index in [9.17, 15) is 8.42 Å². The molecule has 14 heteroatoms. The van der Waals surface area contributed by atoms with E-state index in [1.807, 2.05) is 25.1 Å². The Kier molecular flexibility index (Phi) is 9.53. The lowest BCUT2D eigenvalue weighted by atomic mass is 9.94. The van der Waals surface area contributed by atoms with Crippen molar-refractivity contribution < 1.29 is 17.6 Å². The summed E-state index contributed by atoms with van der Waals surface area (Å²) in [7, 11) is -0.621. The predicted octanol–water partition coefficient (Wildman–Crippen LogP) is 5.23. The van der Waals surface area contributed by atoms with Crippen molar-refractivity contribution in [1.29, 1.82) is 0 Å². The number of sulfonamides is 1. The maximum Gasteiger partial charge on any atom is 0.249 e. The quantitative estimate of drug-likeness (QED) is 0.268. The topological polar surface area (TPSA) is 128 Å². The van der Waals surface area contributed by atoms with Crippen LogP contribution in [0.3, 0.4) is 0 Å². The second-order valence-corrected chi connectivity index (χ2v) is 14.8. The molecule has 40 heavy (non-hydrogen) atoms. The Morgan fingerprint density at radius 1 is 1.23 bits per heavy atom. The first-order valence-corrected chi connectivity index (χ1v) is 16.5. The second-order valence-electron chi connectivity index (χ2n) is 10.6. The molecule has 2 heterocycles. The Morgan fingerprint density at radius 3 is 2.45 bits per heavy atom. The van der Waals surface area contributed by atoms with Crippen LogP contribution in [0.4, 0.5) is 11.6 Å². The van der Waals surface area contributed by atoms with Crippen molar-refractivity contribution in [3.05, 3.63) is 49.7 Å². The van der Waals surface area contributed by atoms with E-state index in [1.165, 1.54) is 7.05 Å². The molecule has 1 aliphatic carbocycles. The van der Waals surface area contributed by atoms with Gasteiger partial charge >= 0.3 is 0 Å². The number of ether oxygens (including phenoxy) is 1. The standard InChI is InChI=1S/C26H33Br2ClN6O4S/c1-15-8-17(15)14-35(6-7-38-4)21-12-20(22(29)23(31-21)34(3)40(5,36)37)24-32-33-25(39-24)26(2,30)13-16-9-18(27)11-19(28)10-16/h9-12,15,17H,6-8,13-14,30H2,1-5H3/t15-,17+,26+/m0/s1. The zero-order chi connectivity index (χ0) is 29.4. The third-order valence-corrected chi connectivity index (χ3v) is 9.44. The van der Waals surface area contributed by atoms with Crippen molar-refractivity contribution in [3.8, 4) is 11.5 Å². The van der Waals surface area contributed by atoms with E-state index in [-0.39, 0.29) is 22.6 Å². The predicted molar refractivity (Wildman–Crippen MR) is 164 cm³/mol. The fraction of sp³-hybridized carbons (Fsp3) is 0.500. The van der Waals surface area contributed by atoms with Gasteiger partial charge in [-0.05, 0) is 61.4 Å². The van der Waals surface area contributed by atoms with Crippen LogP contribution in [0, 0.1) is 11.8 Å². The molecular weight excluding hydrogens is 688 g/mol. The minimum absolute atomic E-state index is 0.0668. The van der Waals surface area contributed by atoms with Gasteiger partial charge in [0.15, 0.2) is 5.82 Å². The SMILES string of the molecule is COCCN(C[C@H]1C[C@@H]1C)c1cc(-c2nnc([C@](C)(N)Cc3cc(Br)cc(Br)c3)o2)c(Cl)c(N(C)S(C)(=O)=O)n1. The van der Waals surface area contributed by atoms with Crippen LogP contribution in [0.25, 0.3) is 11.5 Å². The van der Waals surface area contributed by atoms with Crippen LogP contribution in [0.2, 0.25) is 5.02 Å². The molecule has 0 unspecified atom stereocenters. The van der Waals surface area contributed by atoms with Gasteiger partial charge in [-0.3, -0.25) is 4.31 Å². The van der Waals surface area contributed by atoms with Gasteiger partial charge in [-0.25, -0.2) is 13.4 Å². The van der Waals surface area contributed by atoms with Crippen LogP contribution in [0.5, 0.6) is 0 Å². The highest BCUT2D eigenvalue weighted by Gasteiger charge is 2.35. The first-order valence-electron chi connectivity index (χ1n) is 12.7. The minimum atomic E-state index is -3.67. The van der Waals surface area contributed by atoms with Crippen molar-refractivity contribution in [3.63, 3.8) is 0 Å². The highest BCUT2D eigenvalue weighted by Crippen LogP contribution is 2.41. The third-order valence-electron chi connectivity index (χ3n) is 6.98. The summed E-state index contributed by atoms with van der Waals surface area (Å²) >= 11 is 13.8. The lowest BCUT2D eigenvalue weighted by molar-refractivity contribution is 0.204. The van der Waals surface area contributed by atoms with E-state index < -0.39 is 15.6 Å². The fourth-order valence-corrected chi connectivity index (χ4v) is 6.59. The Labute approximate surface area is 256 Å². The van der Waals surface area contributed by atoms with Gasteiger partial charge in [-0.15, -0.1) is 10.2 Å². The van der Waals surface area contributed by atoms with Crippen LogP contribution in [0.1, 0.15) is 31.7 Å². The Hall–Kier alpha value is -1.77. The number of rotatable bonds is 12. The number of nitrogens with two attached hydrogens (primary N) is 1. The smallest absolute Gasteiger partial charge is 0.249 e. The van der Waals surface area contributed by atoms with Gasteiger partial charge in [0, 0.05) is 36.2 Å². The van der Waals surface area contributed by atoms with Gasteiger partial charge < -0.3 is 19.8 Å². The van der Waals surface area contributed by atoms with Crippen LogP contribution < -0.4 is 14.9 Å². The lowest BCUT2D eigenvalue weighted by Crippen LogP contribution is -2.36. The summed E-state index contributed by atoms with van der Waals surface area (Å²) in [6, 6.07) is 7.64. The van der Waals surface area contributed by atoms with E-state index >= 15 is 0 Å². The number of anilines is 2. The Balaban J connectivity index is 1.76. The fourth-order valence-electron chi connectivity index (χ4n) is 4.40. The van der Waals surface area contributed by atoms with E-state index in [1.54, 1.807) is 13.2 Å². The molecule has 0 bridgehead atoms. The number of halogens is 3.